The van der Waals surface area contributed by atoms with Crippen LogP contribution in [0.4, 0.5) is 4.79 Å². The molecule has 0 unspecified atom stereocenters. The molecule has 2 aromatic heterocycles. The Balaban J connectivity index is 1.54. The Kier molecular flexibility index (Phi) is 6.24. The molecule has 1 aliphatic rings. The number of pyridine rings is 1. The van der Waals surface area contributed by atoms with Gasteiger partial charge in [-0.3, -0.25) is 4.99 Å². The van der Waals surface area contributed by atoms with E-state index in [2.05, 4.69) is 25.3 Å². The molecule has 0 radical (unpaired) electrons. The number of nitrogens with zero attached hydrogens (tertiary/aromatic N) is 6. The molecule has 1 saturated heterocycles. The Hall–Kier alpha value is -3.10. The highest BCUT2D eigenvalue weighted by Crippen LogP contribution is 2.08. The quantitative estimate of drug-likeness (QED) is 0.640. The average molecular weight is 371 g/mol. The van der Waals surface area contributed by atoms with Gasteiger partial charge in [-0.1, -0.05) is 0 Å². The molecule has 1 aliphatic heterocycles. The van der Waals surface area contributed by atoms with Gasteiger partial charge in [-0.25, -0.2) is 14.5 Å². The fraction of sp³-hybridized carbons (Fsp3) is 0.444. The van der Waals surface area contributed by atoms with Gasteiger partial charge < -0.3 is 19.9 Å². The van der Waals surface area contributed by atoms with Crippen molar-refractivity contribution in [2.75, 3.05) is 39.8 Å². The summed E-state index contributed by atoms with van der Waals surface area (Å²) in [5, 5.41) is 7.59. The van der Waals surface area contributed by atoms with Crippen molar-refractivity contribution < 1.29 is 9.53 Å². The Morgan fingerprint density at radius 3 is 2.70 bits per heavy atom. The molecule has 0 bridgehead atoms. The van der Waals surface area contributed by atoms with Crippen LogP contribution in [0.15, 0.2) is 41.8 Å². The van der Waals surface area contributed by atoms with Gasteiger partial charge in [0, 0.05) is 58.4 Å². The topological polar surface area (TPSA) is 87.9 Å². The fourth-order valence-electron chi connectivity index (χ4n) is 2.93. The minimum atomic E-state index is -0.247. The van der Waals surface area contributed by atoms with Crippen molar-refractivity contribution in [1.82, 2.24) is 29.9 Å². The third kappa shape index (κ3) is 4.75. The number of ether oxygens (including phenoxy) is 1. The van der Waals surface area contributed by atoms with Crippen molar-refractivity contribution in [2.45, 2.75) is 13.5 Å². The van der Waals surface area contributed by atoms with Crippen molar-refractivity contribution in [1.29, 1.82) is 0 Å². The van der Waals surface area contributed by atoms with Crippen LogP contribution in [-0.2, 0) is 11.3 Å². The van der Waals surface area contributed by atoms with E-state index in [0.29, 0.717) is 39.3 Å². The highest BCUT2D eigenvalue weighted by atomic mass is 16.6. The van der Waals surface area contributed by atoms with E-state index < -0.39 is 0 Å². The predicted molar refractivity (Wildman–Crippen MR) is 102 cm³/mol. The van der Waals surface area contributed by atoms with Gasteiger partial charge in [0.2, 0.25) is 0 Å². The number of guanidine groups is 1. The van der Waals surface area contributed by atoms with Crippen LogP contribution in [0.25, 0.3) is 5.82 Å². The zero-order chi connectivity index (χ0) is 19.1. The molecule has 144 valence electrons. The van der Waals surface area contributed by atoms with Gasteiger partial charge in [-0.15, -0.1) is 0 Å². The molecule has 3 rings (SSSR count). The first-order valence-electron chi connectivity index (χ1n) is 9.03. The number of amides is 1. The second-order valence-corrected chi connectivity index (χ2v) is 6.05. The maximum absolute atomic E-state index is 11.8. The SMILES string of the molecule is CCOC(=O)N1CCN(C(=NC)NCc2ccnc(-n3cccn3)c2)CC1. The lowest BCUT2D eigenvalue weighted by molar-refractivity contribution is 0.0914. The number of hydrogen-bond acceptors (Lipinski definition) is 5. The zero-order valence-corrected chi connectivity index (χ0v) is 15.7. The third-order valence-corrected chi connectivity index (χ3v) is 4.32. The molecule has 1 N–H and O–H groups in total. The third-order valence-electron chi connectivity index (χ3n) is 4.32. The Morgan fingerprint density at radius 1 is 1.26 bits per heavy atom. The number of aromatic nitrogens is 3. The molecule has 0 aliphatic carbocycles. The summed E-state index contributed by atoms with van der Waals surface area (Å²) < 4.78 is 6.79. The molecule has 27 heavy (non-hydrogen) atoms. The second-order valence-electron chi connectivity index (χ2n) is 6.05. The molecule has 9 nitrogen and oxygen atoms in total. The number of nitrogens with one attached hydrogen (secondary N) is 1. The lowest BCUT2D eigenvalue weighted by Gasteiger charge is -2.35. The van der Waals surface area contributed by atoms with Crippen LogP contribution in [0.3, 0.4) is 0 Å². The van der Waals surface area contributed by atoms with Crippen molar-refractivity contribution in [2.24, 2.45) is 4.99 Å². The fourth-order valence-corrected chi connectivity index (χ4v) is 2.93. The summed E-state index contributed by atoms with van der Waals surface area (Å²) in [6.45, 7) is 5.52. The van der Waals surface area contributed by atoms with Gasteiger partial charge in [0.1, 0.15) is 0 Å². The highest BCUT2D eigenvalue weighted by molar-refractivity contribution is 5.80. The van der Waals surface area contributed by atoms with E-state index in [9.17, 15) is 4.79 Å². The van der Waals surface area contributed by atoms with Crippen LogP contribution in [0, 0.1) is 0 Å². The summed E-state index contributed by atoms with van der Waals surface area (Å²) in [7, 11) is 1.77. The summed E-state index contributed by atoms with van der Waals surface area (Å²) in [5.74, 6) is 1.59. The van der Waals surface area contributed by atoms with Gasteiger partial charge in [-0.05, 0) is 30.7 Å². The Labute approximate surface area is 158 Å². The number of carbonyl (C=O) groups excluding carboxylic acids is 1. The summed E-state index contributed by atoms with van der Waals surface area (Å²) >= 11 is 0. The minimum Gasteiger partial charge on any atom is -0.450 e. The van der Waals surface area contributed by atoms with Crippen LogP contribution in [0.5, 0.6) is 0 Å². The molecule has 0 spiro atoms. The molecule has 3 heterocycles. The molecule has 2 aromatic rings. The van der Waals surface area contributed by atoms with Gasteiger partial charge in [0.15, 0.2) is 11.8 Å². The molecule has 0 aromatic carbocycles. The van der Waals surface area contributed by atoms with E-state index in [1.807, 2.05) is 31.3 Å². The van der Waals surface area contributed by atoms with Crippen LogP contribution in [0.1, 0.15) is 12.5 Å². The van der Waals surface area contributed by atoms with Gasteiger partial charge in [-0.2, -0.15) is 5.10 Å². The number of rotatable bonds is 4. The normalized spacial score (nSPS) is 15.0. The van der Waals surface area contributed by atoms with E-state index >= 15 is 0 Å². The summed E-state index contributed by atoms with van der Waals surface area (Å²) in [4.78, 5) is 24.4. The zero-order valence-electron chi connectivity index (χ0n) is 15.7. The first-order valence-corrected chi connectivity index (χ1v) is 9.03. The highest BCUT2D eigenvalue weighted by Gasteiger charge is 2.23. The van der Waals surface area contributed by atoms with Gasteiger partial charge >= 0.3 is 6.09 Å². The van der Waals surface area contributed by atoms with Crippen molar-refractivity contribution in [3.63, 3.8) is 0 Å². The smallest absolute Gasteiger partial charge is 0.409 e. The number of aliphatic imine (C=N–C) groups is 1. The lowest BCUT2D eigenvalue weighted by atomic mass is 10.2. The summed E-state index contributed by atoms with van der Waals surface area (Å²) in [6, 6.07) is 5.82. The average Bonchev–Trinajstić information content (AvgIpc) is 3.24. The molecule has 1 amide bonds. The predicted octanol–water partition coefficient (Wildman–Crippen LogP) is 1.12. The van der Waals surface area contributed by atoms with Crippen molar-refractivity contribution in [3.05, 3.63) is 42.4 Å². The molecule has 1 fully saturated rings. The monoisotopic (exact) mass is 371 g/mol. The van der Waals surface area contributed by atoms with Crippen LogP contribution in [-0.4, -0.2) is 76.5 Å². The number of hydrogen-bond donors (Lipinski definition) is 1. The van der Waals surface area contributed by atoms with Crippen LogP contribution in [0.2, 0.25) is 0 Å². The standard InChI is InChI=1S/C18H25N7O2/c1-3-27-18(26)24-11-9-23(10-12-24)17(19-2)21-14-15-5-7-20-16(13-15)25-8-4-6-22-25/h4-8,13H,3,9-12,14H2,1-2H3,(H,19,21). The molecular weight excluding hydrogens is 346 g/mol. The first-order chi connectivity index (χ1) is 13.2. The van der Waals surface area contributed by atoms with E-state index in [1.165, 1.54) is 0 Å². The maximum atomic E-state index is 11.8. The number of piperazine rings is 1. The van der Waals surface area contributed by atoms with E-state index in [4.69, 9.17) is 4.74 Å². The lowest BCUT2D eigenvalue weighted by Crippen LogP contribution is -2.53. The summed E-state index contributed by atoms with van der Waals surface area (Å²) in [6.07, 6.45) is 5.11. The first kappa shape index (κ1) is 18.7. The second kappa shape index (κ2) is 9.02. The maximum Gasteiger partial charge on any atom is 0.409 e. The van der Waals surface area contributed by atoms with E-state index in [1.54, 1.807) is 29.0 Å². The molecule has 0 atom stereocenters. The minimum absolute atomic E-state index is 0.247. The van der Waals surface area contributed by atoms with Gasteiger partial charge in [0.25, 0.3) is 0 Å². The Bertz CT molecular complexity index is 768. The van der Waals surface area contributed by atoms with E-state index in [-0.39, 0.29) is 6.09 Å². The van der Waals surface area contributed by atoms with Crippen LogP contribution < -0.4 is 5.32 Å². The largest absolute Gasteiger partial charge is 0.450 e. The summed E-state index contributed by atoms with van der Waals surface area (Å²) in [5.41, 5.74) is 1.09. The van der Waals surface area contributed by atoms with Crippen molar-refractivity contribution >= 4 is 12.1 Å². The van der Waals surface area contributed by atoms with Crippen LogP contribution >= 0.6 is 0 Å². The molecule has 0 saturated carbocycles. The van der Waals surface area contributed by atoms with Gasteiger partial charge in [0.05, 0.1) is 6.61 Å². The number of carbonyl (C=O) groups is 1. The van der Waals surface area contributed by atoms with E-state index in [0.717, 1.165) is 17.3 Å². The Morgan fingerprint density at radius 2 is 2.04 bits per heavy atom. The van der Waals surface area contributed by atoms with Crippen molar-refractivity contribution in [3.8, 4) is 5.82 Å². The molecular formula is C18H25N7O2. The molecule has 9 heteroatoms.